The molecule has 1 fully saturated rings. The van der Waals surface area contributed by atoms with Gasteiger partial charge in [-0.2, -0.15) is 0 Å². The lowest BCUT2D eigenvalue weighted by molar-refractivity contribution is -0.00328. The summed E-state index contributed by atoms with van der Waals surface area (Å²) >= 11 is 0. The van der Waals surface area contributed by atoms with Crippen LogP contribution in [0.25, 0.3) is 0 Å². The van der Waals surface area contributed by atoms with Crippen molar-refractivity contribution >= 4 is 0 Å². The van der Waals surface area contributed by atoms with Gasteiger partial charge in [0.15, 0.2) is 6.73 Å². The van der Waals surface area contributed by atoms with E-state index in [0.717, 1.165) is 41.8 Å². The summed E-state index contributed by atoms with van der Waals surface area (Å²) in [6.07, 6.45) is 17.8. The van der Waals surface area contributed by atoms with Crippen molar-refractivity contribution in [2.45, 2.75) is 26.7 Å². The number of hydrogen-bond donors (Lipinski definition) is 2. The van der Waals surface area contributed by atoms with E-state index >= 15 is 0 Å². The topological polar surface area (TPSA) is 57.9 Å². The van der Waals surface area contributed by atoms with Crippen molar-refractivity contribution in [2.75, 3.05) is 19.8 Å². The first kappa shape index (κ1) is 23.1. The van der Waals surface area contributed by atoms with E-state index in [1.54, 1.807) is 6.08 Å². The first-order chi connectivity index (χ1) is 14.5. The van der Waals surface area contributed by atoms with E-state index in [0.29, 0.717) is 0 Å². The van der Waals surface area contributed by atoms with Crippen LogP contribution in [0.15, 0.2) is 96.2 Å². The molecule has 0 atom stereocenters. The van der Waals surface area contributed by atoms with Gasteiger partial charge in [0.2, 0.25) is 11.8 Å². The Bertz CT molecular complexity index is 868. The van der Waals surface area contributed by atoms with E-state index < -0.39 is 0 Å². The minimum Gasteiger partial charge on any atom is -0.492 e. The maximum Gasteiger partial charge on any atom is 0.229 e. The summed E-state index contributed by atoms with van der Waals surface area (Å²) in [6.45, 7) is 13.7. The van der Waals surface area contributed by atoms with E-state index in [-0.39, 0.29) is 18.5 Å². The van der Waals surface area contributed by atoms with Crippen molar-refractivity contribution in [1.82, 2.24) is 9.63 Å². The predicted octanol–water partition coefficient (Wildman–Crippen LogP) is 5.05. The summed E-state index contributed by atoms with van der Waals surface area (Å²) in [4.78, 5) is 7.70. The predicted molar refractivity (Wildman–Crippen MR) is 123 cm³/mol. The molecule has 2 rings (SSSR count). The van der Waals surface area contributed by atoms with Crippen molar-refractivity contribution in [2.24, 2.45) is 0 Å². The normalized spacial score (nSPS) is 16.4. The van der Waals surface area contributed by atoms with Crippen LogP contribution in [0.4, 0.5) is 0 Å². The minimum atomic E-state index is -0.121. The molecule has 0 amide bonds. The zero-order valence-electron chi connectivity index (χ0n) is 17.9. The van der Waals surface area contributed by atoms with Gasteiger partial charge in [0.05, 0.1) is 0 Å². The zero-order chi connectivity index (χ0) is 21.9. The molecule has 1 aromatic rings. The first-order valence-electron chi connectivity index (χ1n) is 10.1. The number of allylic oxidation sites excluding steroid dienone is 11. The van der Waals surface area contributed by atoms with Crippen LogP contribution < -0.4 is 4.84 Å². The Kier molecular flexibility index (Phi) is 9.03. The van der Waals surface area contributed by atoms with Crippen molar-refractivity contribution in [3.63, 3.8) is 0 Å². The van der Waals surface area contributed by atoms with Crippen LogP contribution in [-0.4, -0.2) is 39.7 Å². The lowest BCUT2D eigenvalue weighted by atomic mass is 9.87. The molecule has 0 spiro atoms. The van der Waals surface area contributed by atoms with Gasteiger partial charge < -0.3 is 15.1 Å². The fourth-order valence-electron chi connectivity index (χ4n) is 3.47. The summed E-state index contributed by atoms with van der Waals surface area (Å²) < 4.78 is 1.03. The van der Waals surface area contributed by atoms with Crippen LogP contribution in [-0.2, 0) is 0 Å². The minimum absolute atomic E-state index is 0.121. The van der Waals surface area contributed by atoms with Gasteiger partial charge in [-0.15, -0.1) is 4.73 Å². The quantitative estimate of drug-likeness (QED) is 0.561. The number of rotatable bonds is 9. The summed E-state index contributed by atoms with van der Waals surface area (Å²) in [5.74, 6) is -0.241. The Morgan fingerprint density at radius 1 is 1.03 bits per heavy atom. The number of hydrogen-bond acceptors (Lipinski definition) is 4. The highest BCUT2D eigenvalue weighted by atomic mass is 16.7. The second-order valence-corrected chi connectivity index (χ2v) is 6.90. The third-order valence-corrected chi connectivity index (χ3v) is 4.92. The molecule has 1 aromatic heterocycles. The Morgan fingerprint density at radius 3 is 2.23 bits per heavy atom. The van der Waals surface area contributed by atoms with Gasteiger partial charge in [0, 0.05) is 25.2 Å². The van der Waals surface area contributed by atoms with Crippen molar-refractivity contribution in [1.29, 1.82) is 0 Å². The van der Waals surface area contributed by atoms with Crippen molar-refractivity contribution < 1.29 is 15.1 Å². The van der Waals surface area contributed by atoms with Crippen molar-refractivity contribution in [3.8, 4) is 11.8 Å². The molecular weight excluding hydrogens is 376 g/mol. The smallest absolute Gasteiger partial charge is 0.229 e. The molecule has 1 saturated heterocycles. The van der Waals surface area contributed by atoms with Crippen LogP contribution in [0.1, 0.15) is 26.7 Å². The Balaban J connectivity index is 2.23. The number of likely N-dealkylation sites (tertiary alicyclic amines) is 1. The Hall–Kier alpha value is -3.18. The molecule has 2 N–H and O–H groups in total. The van der Waals surface area contributed by atoms with E-state index in [2.05, 4.69) is 36.3 Å². The maximum atomic E-state index is 9.71. The molecule has 0 unspecified atom stereocenters. The standard InChI is InChI=1S/C25H32N2O3/c1-5-9-12-20(8-4)25(21(10-6-2)11-7-3)22-15-17-26(18-16-22)19-30-27-23(28)13-14-24(27)29/h5-14,28-29H,1-2,15-19H2,3-4H3. The highest BCUT2D eigenvalue weighted by Crippen LogP contribution is 2.31. The molecular formula is C25H32N2O3. The van der Waals surface area contributed by atoms with E-state index in [4.69, 9.17) is 4.84 Å². The van der Waals surface area contributed by atoms with E-state index in [9.17, 15) is 10.2 Å². The number of nitrogens with zero attached hydrogens (tertiary/aromatic N) is 2. The molecule has 5 heteroatoms. The van der Waals surface area contributed by atoms with Gasteiger partial charge >= 0.3 is 0 Å². The summed E-state index contributed by atoms with van der Waals surface area (Å²) in [5.41, 5.74) is 4.90. The zero-order valence-corrected chi connectivity index (χ0v) is 17.9. The maximum absolute atomic E-state index is 9.71. The number of aromatic hydroxyl groups is 2. The second kappa shape index (κ2) is 11.7. The molecule has 0 radical (unpaired) electrons. The third kappa shape index (κ3) is 5.91. The molecule has 0 bridgehead atoms. The average molecular weight is 409 g/mol. The van der Waals surface area contributed by atoms with Gasteiger partial charge in [-0.25, -0.2) is 0 Å². The van der Waals surface area contributed by atoms with E-state index in [1.807, 2.05) is 38.2 Å². The highest BCUT2D eigenvalue weighted by molar-refractivity contribution is 5.59. The summed E-state index contributed by atoms with van der Waals surface area (Å²) in [7, 11) is 0. The SMILES string of the molecule is C=CC=CC(=CC)C(C(C=CC)=CC=C)=C1CCN(COn2c(O)ccc2O)CC1. The molecule has 1 aliphatic rings. The first-order valence-corrected chi connectivity index (χ1v) is 10.1. The Labute approximate surface area is 179 Å². The summed E-state index contributed by atoms with van der Waals surface area (Å²) in [5, 5.41) is 19.4. The highest BCUT2D eigenvalue weighted by Gasteiger charge is 2.20. The Morgan fingerprint density at radius 2 is 1.70 bits per heavy atom. The molecule has 30 heavy (non-hydrogen) atoms. The molecule has 1 aliphatic heterocycles. The average Bonchev–Trinajstić information content (AvgIpc) is 3.07. The van der Waals surface area contributed by atoms with Crippen LogP contribution in [0.2, 0.25) is 0 Å². The molecule has 0 aromatic carbocycles. The monoisotopic (exact) mass is 408 g/mol. The molecule has 160 valence electrons. The number of piperidine rings is 1. The van der Waals surface area contributed by atoms with E-state index in [1.165, 1.54) is 23.3 Å². The second-order valence-electron chi connectivity index (χ2n) is 6.90. The molecule has 5 nitrogen and oxygen atoms in total. The summed E-state index contributed by atoms with van der Waals surface area (Å²) in [6, 6.07) is 2.78. The van der Waals surface area contributed by atoms with Crippen LogP contribution in [0, 0.1) is 0 Å². The van der Waals surface area contributed by atoms with Gasteiger partial charge in [-0.1, -0.05) is 67.3 Å². The third-order valence-electron chi connectivity index (χ3n) is 4.92. The molecule has 0 aliphatic carbocycles. The van der Waals surface area contributed by atoms with Crippen LogP contribution in [0.5, 0.6) is 11.8 Å². The molecule has 2 heterocycles. The van der Waals surface area contributed by atoms with Gasteiger partial charge in [-0.3, -0.25) is 4.90 Å². The van der Waals surface area contributed by atoms with Crippen LogP contribution in [0.3, 0.4) is 0 Å². The van der Waals surface area contributed by atoms with Gasteiger partial charge in [0.1, 0.15) is 0 Å². The fraction of sp³-hybridized carbons (Fsp3) is 0.280. The lowest BCUT2D eigenvalue weighted by Gasteiger charge is -2.30. The van der Waals surface area contributed by atoms with Crippen LogP contribution >= 0.6 is 0 Å². The largest absolute Gasteiger partial charge is 0.492 e. The van der Waals surface area contributed by atoms with Gasteiger partial charge in [-0.05, 0) is 43.4 Å². The van der Waals surface area contributed by atoms with Gasteiger partial charge in [0.25, 0.3) is 0 Å². The van der Waals surface area contributed by atoms with Crippen molar-refractivity contribution in [3.05, 3.63) is 96.2 Å². The lowest BCUT2D eigenvalue weighted by Crippen LogP contribution is -2.36. The fourth-order valence-corrected chi connectivity index (χ4v) is 3.47. The molecule has 0 saturated carbocycles. The number of aromatic nitrogens is 1.